The fourth-order valence-electron chi connectivity index (χ4n) is 2.77. The summed E-state index contributed by atoms with van der Waals surface area (Å²) in [5.74, 6) is -1.39. The molecule has 0 saturated carbocycles. The third-order valence-corrected chi connectivity index (χ3v) is 5.45. The molecule has 3 aromatic carbocycles. The molecular formula is C19H13F2N3O2S. The molecule has 0 amide bonds. The van der Waals surface area contributed by atoms with Gasteiger partial charge >= 0.3 is 0 Å². The van der Waals surface area contributed by atoms with Crippen molar-refractivity contribution in [2.75, 3.05) is 4.72 Å². The zero-order valence-corrected chi connectivity index (χ0v) is 14.6. The number of benzene rings is 3. The maximum Gasteiger partial charge on any atom is 0.261 e. The van der Waals surface area contributed by atoms with Crippen LogP contribution >= 0.6 is 0 Å². The van der Waals surface area contributed by atoms with Crippen molar-refractivity contribution in [1.29, 1.82) is 0 Å². The molecule has 27 heavy (non-hydrogen) atoms. The summed E-state index contributed by atoms with van der Waals surface area (Å²) in [4.78, 5) is 0.0374. The number of hydrogen-bond donors (Lipinski definition) is 2. The predicted octanol–water partition coefficient (Wildman–Crippen LogP) is 4.31. The highest BCUT2D eigenvalue weighted by Gasteiger charge is 2.15. The fourth-order valence-corrected chi connectivity index (χ4v) is 3.82. The highest BCUT2D eigenvalue weighted by Crippen LogP contribution is 2.25. The Labute approximate surface area is 153 Å². The lowest BCUT2D eigenvalue weighted by molar-refractivity contribution is 0.584. The molecule has 0 aliphatic heterocycles. The van der Waals surface area contributed by atoms with Crippen LogP contribution in [0.3, 0.4) is 0 Å². The SMILES string of the molecule is O=S(=O)(Nc1ccc2[nH]ncc2c1)c1ccc(-c2cc(F)cc(F)c2)cc1. The normalized spacial score (nSPS) is 11.6. The Morgan fingerprint density at radius 2 is 1.56 bits per heavy atom. The fraction of sp³-hybridized carbons (Fsp3) is 0. The van der Waals surface area contributed by atoms with Gasteiger partial charge in [0, 0.05) is 17.1 Å². The number of halogens is 2. The first-order valence-electron chi connectivity index (χ1n) is 7.93. The maximum absolute atomic E-state index is 13.4. The Kier molecular flexibility index (Phi) is 4.12. The average Bonchev–Trinajstić information content (AvgIpc) is 3.08. The van der Waals surface area contributed by atoms with Gasteiger partial charge in [-0.05, 0) is 53.6 Å². The second-order valence-corrected chi connectivity index (χ2v) is 7.64. The number of aromatic amines is 1. The van der Waals surface area contributed by atoms with E-state index in [0.717, 1.165) is 17.0 Å². The van der Waals surface area contributed by atoms with E-state index in [2.05, 4.69) is 14.9 Å². The number of fused-ring (bicyclic) bond motifs is 1. The van der Waals surface area contributed by atoms with Crippen molar-refractivity contribution in [3.8, 4) is 11.1 Å². The Morgan fingerprint density at radius 3 is 2.26 bits per heavy atom. The molecule has 0 fully saturated rings. The summed E-state index contributed by atoms with van der Waals surface area (Å²) in [6, 6.07) is 13.9. The first-order valence-corrected chi connectivity index (χ1v) is 9.41. The van der Waals surface area contributed by atoms with E-state index in [-0.39, 0.29) is 4.90 Å². The minimum absolute atomic E-state index is 0.0374. The molecule has 0 unspecified atom stereocenters. The van der Waals surface area contributed by atoms with E-state index in [9.17, 15) is 17.2 Å². The summed E-state index contributed by atoms with van der Waals surface area (Å²) in [7, 11) is -3.81. The van der Waals surface area contributed by atoms with Gasteiger partial charge < -0.3 is 0 Å². The lowest BCUT2D eigenvalue weighted by Gasteiger charge is -2.09. The largest absolute Gasteiger partial charge is 0.280 e. The minimum Gasteiger partial charge on any atom is -0.280 e. The zero-order valence-electron chi connectivity index (χ0n) is 13.8. The molecule has 5 nitrogen and oxygen atoms in total. The van der Waals surface area contributed by atoms with Crippen molar-refractivity contribution < 1.29 is 17.2 Å². The van der Waals surface area contributed by atoms with Gasteiger partial charge in [0.1, 0.15) is 11.6 Å². The van der Waals surface area contributed by atoms with Gasteiger partial charge in [-0.3, -0.25) is 9.82 Å². The molecule has 0 atom stereocenters. The van der Waals surface area contributed by atoms with Crippen molar-refractivity contribution in [2.45, 2.75) is 4.90 Å². The number of nitrogens with one attached hydrogen (secondary N) is 2. The van der Waals surface area contributed by atoms with Gasteiger partial charge in [0.15, 0.2) is 0 Å². The van der Waals surface area contributed by atoms with Gasteiger partial charge in [-0.25, -0.2) is 17.2 Å². The Hall–Kier alpha value is -3.26. The molecule has 0 saturated heterocycles. The first-order chi connectivity index (χ1) is 12.9. The van der Waals surface area contributed by atoms with Crippen molar-refractivity contribution in [3.63, 3.8) is 0 Å². The molecule has 0 spiro atoms. The number of hydrogen-bond acceptors (Lipinski definition) is 3. The van der Waals surface area contributed by atoms with Crippen molar-refractivity contribution in [3.05, 3.63) is 78.5 Å². The quantitative estimate of drug-likeness (QED) is 0.550. The summed E-state index contributed by atoms with van der Waals surface area (Å²) in [5.41, 5.74) is 2.03. The lowest BCUT2D eigenvalue weighted by Crippen LogP contribution is -2.12. The van der Waals surface area contributed by atoms with Crippen LogP contribution in [0, 0.1) is 11.6 Å². The topological polar surface area (TPSA) is 74.8 Å². The van der Waals surface area contributed by atoms with E-state index in [0.29, 0.717) is 16.8 Å². The number of H-pyrrole nitrogens is 1. The number of nitrogens with zero attached hydrogens (tertiary/aromatic N) is 1. The average molecular weight is 385 g/mol. The summed E-state index contributed by atoms with van der Waals surface area (Å²) < 4.78 is 54.4. The van der Waals surface area contributed by atoms with E-state index in [1.54, 1.807) is 24.4 Å². The number of rotatable bonds is 4. The molecule has 0 aliphatic rings. The van der Waals surface area contributed by atoms with Crippen molar-refractivity contribution >= 4 is 26.6 Å². The van der Waals surface area contributed by atoms with Crippen LogP contribution in [-0.2, 0) is 10.0 Å². The van der Waals surface area contributed by atoms with E-state index in [4.69, 9.17) is 0 Å². The molecule has 8 heteroatoms. The smallest absolute Gasteiger partial charge is 0.261 e. The third-order valence-electron chi connectivity index (χ3n) is 4.05. The van der Waals surface area contributed by atoms with Gasteiger partial charge in [0.25, 0.3) is 10.0 Å². The minimum atomic E-state index is -3.81. The van der Waals surface area contributed by atoms with E-state index < -0.39 is 21.7 Å². The summed E-state index contributed by atoms with van der Waals surface area (Å²) in [5, 5.41) is 7.46. The van der Waals surface area contributed by atoms with Crippen LogP contribution in [0.2, 0.25) is 0 Å². The molecular weight excluding hydrogens is 372 g/mol. The molecule has 136 valence electrons. The summed E-state index contributed by atoms with van der Waals surface area (Å²) in [6.45, 7) is 0. The van der Waals surface area contributed by atoms with Crippen LogP contribution in [0.25, 0.3) is 22.0 Å². The van der Waals surface area contributed by atoms with Crippen LogP contribution in [-0.4, -0.2) is 18.6 Å². The monoisotopic (exact) mass is 385 g/mol. The zero-order chi connectivity index (χ0) is 19.0. The predicted molar refractivity (Wildman–Crippen MR) is 98.7 cm³/mol. The Balaban J connectivity index is 1.61. The molecule has 0 radical (unpaired) electrons. The second kappa shape index (κ2) is 6.48. The van der Waals surface area contributed by atoms with Crippen LogP contribution in [0.15, 0.2) is 71.8 Å². The number of aromatic nitrogens is 2. The molecule has 4 aromatic rings. The number of sulfonamides is 1. The molecule has 4 rings (SSSR count). The van der Waals surface area contributed by atoms with Crippen LogP contribution in [0.1, 0.15) is 0 Å². The molecule has 0 aliphatic carbocycles. The van der Waals surface area contributed by atoms with E-state index in [1.165, 1.54) is 36.4 Å². The molecule has 1 heterocycles. The summed E-state index contributed by atoms with van der Waals surface area (Å²) in [6.07, 6.45) is 1.60. The van der Waals surface area contributed by atoms with Crippen LogP contribution < -0.4 is 4.72 Å². The lowest BCUT2D eigenvalue weighted by atomic mass is 10.1. The molecule has 2 N–H and O–H groups in total. The Bertz CT molecular complexity index is 1220. The standard InChI is InChI=1S/C19H13F2N3O2S/c20-15-7-13(8-16(21)10-15)12-1-4-18(5-2-12)27(25,26)24-17-3-6-19-14(9-17)11-22-23-19/h1-11,24H,(H,22,23). The van der Waals surface area contributed by atoms with Gasteiger partial charge in [-0.15, -0.1) is 0 Å². The highest BCUT2D eigenvalue weighted by molar-refractivity contribution is 7.92. The highest BCUT2D eigenvalue weighted by atomic mass is 32.2. The van der Waals surface area contributed by atoms with Crippen molar-refractivity contribution in [2.24, 2.45) is 0 Å². The third kappa shape index (κ3) is 3.52. The maximum atomic E-state index is 13.4. The first kappa shape index (κ1) is 17.2. The van der Waals surface area contributed by atoms with Crippen LogP contribution in [0.5, 0.6) is 0 Å². The Morgan fingerprint density at radius 1 is 0.852 bits per heavy atom. The van der Waals surface area contributed by atoms with Gasteiger partial charge in [-0.2, -0.15) is 5.10 Å². The van der Waals surface area contributed by atoms with Gasteiger partial charge in [-0.1, -0.05) is 12.1 Å². The van der Waals surface area contributed by atoms with E-state index in [1.807, 2.05) is 0 Å². The number of anilines is 1. The van der Waals surface area contributed by atoms with Gasteiger partial charge in [0.05, 0.1) is 16.6 Å². The van der Waals surface area contributed by atoms with Crippen molar-refractivity contribution in [1.82, 2.24) is 10.2 Å². The van der Waals surface area contributed by atoms with E-state index >= 15 is 0 Å². The second-order valence-electron chi connectivity index (χ2n) is 5.96. The summed E-state index contributed by atoms with van der Waals surface area (Å²) >= 11 is 0. The van der Waals surface area contributed by atoms with Crippen LogP contribution in [0.4, 0.5) is 14.5 Å². The molecule has 1 aromatic heterocycles. The van der Waals surface area contributed by atoms with Gasteiger partial charge in [0.2, 0.25) is 0 Å². The molecule has 0 bridgehead atoms.